The van der Waals surface area contributed by atoms with Gasteiger partial charge in [-0.15, -0.1) is 0 Å². The molecule has 0 aromatic carbocycles. The minimum atomic E-state index is -2.88. The van der Waals surface area contributed by atoms with Crippen LogP contribution in [-0.4, -0.2) is 62.8 Å². The summed E-state index contributed by atoms with van der Waals surface area (Å²) in [6.07, 6.45) is 1.00. The Kier molecular flexibility index (Phi) is 6.31. The Morgan fingerprint density at radius 1 is 1.18 bits per heavy atom. The van der Waals surface area contributed by atoms with E-state index >= 15 is 0 Å². The molecule has 0 aromatic rings. The number of allylic oxidation sites excluding steroid dienone is 2. The molecule has 1 saturated heterocycles. The second-order valence-electron chi connectivity index (χ2n) is 9.60. The van der Waals surface area contributed by atoms with E-state index in [9.17, 15) is 25.0 Å². The number of nitrogens with zero attached hydrogens (tertiary/aromatic N) is 5. The number of carbonyl (C=O) groups excluding carboxylic acids is 1. The molecule has 33 heavy (non-hydrogen) atoms. The molecule has 0 N–H and O–H groups in total. The number of ether oxygens (including phenoxy) is 2. The normalized spacial score (nSPS) is 20.7. The van der Waals surface area contributed by atoms with Crippen molar-refractivity contribution in [2.45, 2.75) is 71.8 Å². The van der Waals surface area contributed by atoms with Crippen molar-refractivity contribution in [3.8, 4) is 0 Å². The molecular formula is C21H29N5O7. The maximum atomic E-state index is 12.3. The average Bonchev–Trinajstić information content (AvgIpc) is 3.13. The Labute approximate surface area is 191 Å². The fourth-order valence-electron chi connectivity index (χ4n) is 3.82. The van der Waals surface area contributed by atoms with Crippen molar-refractivity contribution in [3.63, 3.8) is 0 Å². The van der Waals surface area contributed by atoms with Crippen LogP contribution < -0.4 is 0 Å². The van der Waals surface area contributed by atoms with Crippen molar-refractivity contribution in [1.82, 2.24) is 4.90 Å². The van der Waals surface area contributed by atoms with Gasteiger partial charge in [-0.1, -0.05) is 13.8 Å². The lowest BCUT2D eigenvalue weighted by atomic mass is 9.90. The van der Waals surface area contributed by atoms with Crippen molar-refractivity contribution >= 4 is 17.6 Å². The van der Waals surface area contributed by atoms with E-state index in [0.717, 1.165) is 0 Å². The predicted molar refractivity (Wildman–Crippen MR) is 119 cm³/mol. The Hall–Kier alpha value is -3.31. The van der Waals surface area contributed by atoms with Crippen LogP contribution >= 0.6 is 0 Å². The fraction of sp³-hybridized carbons (Fsp3) is 0.667. The zero-order chi connectivity index (χ0) is 24.7. The lowest BCUT2D eigenvalue weighted by molar-refractivity contribution is -0.764. The van der Waals surface area contributed by atoms with Gasteiger partial charge >= 0.3 is 11.8 Å². The van der Waals surface area contributed by atoms with Crippen molar-refractivity contribution in [2.24, 2.45) is 15.9 Å². The molecule has 0 unspecified atom stereocenters. The lowest BCUT2D eigenvalue weighted by Gasteiger charge is -2.34. The molecular weight excluding hydrogens is 434 g/mol. The van der Waals surface area contributed by atoms with E-state index in [-0.39, 0.29) is 17.3 Å². The number of carbonyl (C=O) groups is 1. The zero-order valence-electron chi connectivity index (χ0n) is 19.7. The largest absolute Gasteiger partial charge is 0.559 e. The molecule has 2 aliphatic heterocycles. The number of likely N-dealkylation sites (tertiary alicyclic amines) is 1. The first kappa shape index (κ1) is 24.3. The number of piperidine rings is 1. The van der Waals surface area contributed by atoms with Crippen LogP contribution in [0.1, 0.15) is 54.4 Å². The van der Waals surface area contributed by atoms with Crippen LogP contribution in [0.3, 0.4) is 0 Å². The van der Waals surface area contributed by atoms with Gasteiger partial charge in [0, 0.05) is 31.8 Å². The van der Waals surface area contributed by atoms with Crippen LogP contribution in [0.15, 0.2) is 33.1 Å². The summed E-state index contributed by atoms with van der Waals surface area (Å²) in [4.78, 5) is 44.8. The molecule has 0 radical (unpaired) electrons. The molecule has 1 fully saturated rings. The number of amides is 1. The average molecular weight is 463 g/mol. The van der Waals surface area contributed by atoms with Gasteiger partial charge in [-0.05, 0) is 39.3 Å². The minimum absolute atomic E-state index is 0.138. The van der Waals surface area contributed by atoms with E-state index < -0.39 is 39.1 Å². The quantitative estimate of drug-likeness (QED) is 0.345. The smallest absolute Gasteiger partial charge is 0.481 e. The number of rotatable bonds is 5. The minimum Gasteiger partial charge on any atom is -0.481 e. The van der Waals surface area contributed by atoms with Gasteiger partial charge in [0.15, 0.2) is 0 Å². The van der Waals surface area contributed by atoms with E-state index in [1.165, 1.54) is 11.0 Å². The third-order valence-electron chi connectivity index (χ3n) is 5.50. The summed E-state index contributed by atoms with van der Waals surface area (Å²) >= 11 is 0. The van der Waals surface area contributed by atoms with Crippen LogP contribution in [0.5, 0.6) is 0 Å². The Morgan fingerprint density at radius 3 is 2.24 bits per heavy atom. The monoisotopic (exact) mass is 463 g/mol. The van der Waals surface area contributed by atoms with Crippen LogP contribution in [-0.2, 0) is 9.47 Å². The molecule has 12 nitrogen and oxygen atoms in total. The first-order valence-corrected chi connectivity index (χ1v) is 10.8. The summed E-state index contributed by atoms with van der Waals surface area (Å²) in [6.45, 7) is 11.2. The number of nitro groups is 2. The fourth-order valence-corrected chi connectivity index (χ4v) is 3.82. The van der Waals surface area contributed by atoms with Gasteiger partial charge in [0.25, 0.3) is 5.76 Å². The summed E-state index contributed by atoms with van der Waals surface area (Å²) < 4.78 is 11.3. The van der Waals surface area contributed by atoms with Gasteiger partial charge in [-0.3, -0.25) is 20.2 Å². The molecule has 3 rings (SSSR count). The molecule has 3 aliphatic rings. The van der Waals surface area contributed by atoms with E-state index in [0.29, 0.717) is 37.3 Å². The molecule has 180 valence electrons. The van der Waals surface area contributed by atoms with E-state index in [1.54, 1.807) is 41.5 Å². The van der Waals surface area contributed by atoms with Crippen molar-refractivity contribution in [3.05, 3.63) is 43.3 Å². The first-order valence-electron chi connectivity index (χ1n) is 10.8. The predicted octanol–water partition coefficient (Wildman–Crippen LogP) is 3.33. The standard InChI is InChI=1S/C21H29N5O7/c1-12(2)18-22-16-13(3)11-15(21(25(28)29,26(30)31)17(16)23-18)32-14-7-9-24(10-8-14)19(27)33-20(4,5)6/h11-12,14H,7-10H2,1-6H3. The highest BCUT2D eigenvalue weighted by Crippen LogP contribution is 2.39. The van der Waals surface area contributed by atoms with Gasteiger partial charge in [-0.2, -0.15) is 0 Å². The van der Waals surface area contributed by atoms with Crippen molar-refractivity contribution in [1.29, 1.82) is 0 Å². The zero-order valence-corrected chi connectivity index (χ0v) is 19.7. The van der Waals surface area contributed by atoms with Gasteiger partial charge < -0.3 is 14.4 Å². The van der Waals surface area contributed by atoms with E-state index in [4.69, 9.17) is 9.47 Å². The first-order chi connectivity index (χ1) is 15.3. The third kappa shape index (κ3) is 4.46. The van der Waals surface area contributed by atoms with Crippen LogP contribution in [0, 0.1) is 26.1 Å². The van der Waals surface area contributed by atoms with Crippen molar-refractivity contribution < 1.29 is 24.1 Å². The highest BCUT2D eigenvalue weighted by molar-refractivity contribution is 6.18. The molecule has 2 heterocycles. The molecule has 0 aromatic heterocycles. The number of hydrogen-bond donors (Lipinski definition) is 0. The lowest BCUT2D eigenvalue weighted by Crippen LogP contribution is -2.57. The van der Waals surface area contributed by atoms with Gasteiger partial charge in [0.05, 0.1) is 0 Å². The molecule has 1 amide bonds. The van der Waals surface area contributed by atoms with Crippen LogP contribution in [0.2, 0.25) is 0 Å². The molecule has 0 saturated carbocycles. The molecule has 12 heteroatoms. The number of fused-ring (bicyclic) bond motifs is 1. The summed E-state index contributed by atoms with van der Waals surface area (Å²) in [5.41, 5.74) is -3.20. The van der Waals surface area contributed by atoms with Gasteiger partial charge in [0.2, 0.25) is 5.71 Å². The highest BCUT2D eigenvalue weighted by atomic mass is 16.7. The van der Waals surface area contributed by atoms with Crippen LogP contribution in [0.4, 0.5) is 4.79 Å². The summed E-state index contributed by atoms with van der Waals surface area (Å²) in [5.74, 6) is -0.262. The van der Waals surface area contributed by atoms with Gasteiger partial charge in [-0.25, -0.2) is 14.8 Å². The summed E-state index contributed by atoms with van der Waals surface area (Å²) in [7, 11) is 0. The highest BCUT2D eigenvalue weighted by Gasteiger charge is 2.70. The Morgan fingerprint density at radius 2 is 1.76 bits per heavy atom. The number of hydrogen-bond acceptors (Lipinski definition) is 9. The summed E-state index contributed by atoms with van der Waals surface area (Å²) in [5, 5.41) is 24.4. The second kappa shape index (κ2) is 8.56. The third-order valence-corrected chi connectivity index (χ3v) is 5.50. The molecule has 1 aliphatic carbocycles. The van der Waals surface area contributed by atoms with E-state index in [2.05, 4.69) is 9.98 Å². The van der Waals surface area contributed by atoms with E-state index in [1.807, 2.05) is 0 Å². The topological polar surface area (TPSA) is 150 Å². The maximum Gasteiger partial charge on any atom is 0.559 e. The molecule has 0 spiro atoms. The molecule has 0 bridgehead atoms. The maximum absolute atomic E-state index is 12.3. The second-order valence-corrected chi connectivity index (χ2v) is 9.60. The summed E-state index contributed by atoms with van der Waals surface area (Å²) in [6, 6.07) is 0. The SMILES string of the molecule is CC1=C2N=C(C(C)C)N=C2C([N+](=O)[O-])([N+](=O)[O-])C(OC2CCN(C(=O)OC(C)(C)C)CC2)=C1. The van der Waals surface area contributed by atoms with Gasteiger partial charge in [0.1, 0.15) is 33.1 Å². The van der Waals surface area contributed by atoms with Crippen molar-refractivity contribution in [2.75, 3.05) is 13.1 Å². The van der Waals surface area contributed by atoms with Crippen LogP contribution in [0.25, 0.3) is 0 Å². The number of aliphatic imine (C=N–C) groups is 2. The molecule has 0 atom stereocenters. The Balaban J connectivity index is 1.86. The Bertz CT molecular complexity index is 981. The number of amidine groups is 1.